The molecule has 0 bridgehead atoms. The molecular formula is C21H18Cl2N6. The molecule has 1 fully saturated rings. The normalized spacial score (nSPS) is 13.7. The van der Waals surface area contributed by atoms with Crippen LogP contribution in [0, 0.1) is 0 Å². The van der Waals surface area contributed by atoms with E-state index < -0.39 is 0 Å². The number of hydrogen-bond acceptors (Lipinski definition) is 5. The number of hydrogen-bond donors (Lipinski definition) is 1. The van der Waals surface area contributed by atoms with E-state index in [0.29, 0.717) is 22.5 Å². The Labute approximate surface area is 177 Å². The van der Waals surface area contributed by atoms with Crippen molar-refractivity contribution in [1.29, 1.82) is 0 Å². The van der Waals surface area contributed by atoms with Gasteiger partial charge in [0.15, 0.2) is 5.82 Å². The molecule has 29 heavy (non-hydrogen) atoms. The monoisotopic (exact) mass is 424 g/mol. The quantitative estimate of drug-likeness (QED) is 0.461. The van der Waals surface area contributed by atoms with Gasteiger partial charge in [-0.2, -0.15) is 0 Å². The van der Waals surface area contributed by atoms with E-state index in [9.17, 15) is 0 Å². The second kappa shape index (κ2) is 7.61. The number of nitrogens with zero attached hydrogens (tertiary/aromatic N) is 5. The van der Waals surface area contributed by atoms with Crippen molar-refractivity contribution in [1.82, 2.24) is 25.0 Å². The zero-order chi connectivity index (χ0) is 19.8. The largest absolute Gasteiger partial charge is 0.366 e. The summed E-state index contributed by atoms with van der Waals surface area (Å²) >= 11 is 12.3. The van der Waals surface area contributed by atoms with Crippen LogP contribution in [0.25, 0.3) is 22.0 Å². The minimum atomic E-state index is 0.498. The third kappa shape index (κ3) is 3.66. The minimum Gasteiger partial charge on any atom is -0.366 e. The molecular weight excluding hydrogens is 407 g/mol. The first-order valence-electron chi connectivity index (χ1n) is 9.53. The zero-order valence-corrected chi connectivity index (χ0v) is 17.0. The SMILES string of the molecule is Clc1ccc(-c2nnc(NCCn3cnnc3C3CC3)c3ccccc23)cc1Cl. The minimum absolute atomic E-state index is 0.498. The first kappa shape index (κ1) is 18.3. The predicted octanol–water partition coefficient (Wildman–Crippen LogP) is 5.18. The van der Waals surface area contributed by atoms with E-state index >= 15 is 0 Å². The van der Waals surface area contributed by atoms with Gasteiger partial charge in [-0.1, -0.05) is 53.5 Å². The molecule has 1 aliphatic rings. The second-order valence-electron chi connectivity index (χ2n) is 7.16. The van der Waals surface area contributed by atoms with Crippen LogP contribution in [0.4, 0.5) is 5.82 Å². The van der Waals surface area contributed by atoms with Crippen LogP contribution in [-0.4, -0.2) is 31.5 Å². The van der Waals surface area contributed by atoms with Gasteiger partial charge in [-0.15, -0.1) is 20.4 Å². The molecule has 1 saturated carbocycles. The van der Waals surface area contributed by atoms with E-state index in [4.69, 9.17) is 23.2 Å². The lowest BCUT2D eigenvalue weighted by atomic mass is 10.0. The van der Waals surface area contributed by atoms with Gasteiger partial charge in [0.1, 0.15) is 17.8 Å². The summed E-state index contributed by atoms with van der Waals surface area (Å²) in [6.45, 7) is 1.49. The van der Waals surface area contributed by atoms with Crippen LogP contribution in [-0.2, 0) is 6.54 Å². The summed E-state index contributed by atoms with van der Waals surface area (Å²) in [7, 11) is 0. The Balaban J connectivity index is 1.41. The van der Waals surface area contributed by atoms with Gasteiger partial charge in [0.2, 0.25) is 0 Å². The second-order valence-corrected chi connectivity index (χ2v) is 7.97. The highest BCUT2D eigenvalue weighted by Crippen LogP contribution is 2.38. The summed E-state index contributed by atoms with van der Waals surface area (Å²) in [5, 5.41) is 23.7. The van der Waals surface area contributed by atoms with Crippen LogP contribution in [0.15, 0.2) is 48.8 Å². The summed E-state index contributed by atoms with van der Waals surface area (Å²) in [5.74, 6) is 2.41. The molecule has 6 nitrogen and oxygen atoms in total. The van der Waals surface area contributed by atoms with Crippen molar-refractivity contribution in [3.63, 3.8) is 0 Å². The summed E-state index contributed by atoms with van der Waals surface area (Å²) in [5.41, 5.74) is 1.66. The van der Waals surface area contributed by atoms with Gasteiger partial charge >= 0.3 is 0 Å². The van der Waals surface area contributed by atoms with Gasteiger partial charge in [0.25, 0.3) is 0 Å². The van der Waals surface area contributed by atoms with Crippen LogP contribution in [0.2, 0.25) is 10.0 Å². The van der Waals surface area contributed by atoms with E-state index in [-0.39, 0.29) is 0 Å². The maximum Gasteiger partial charge on any atom is 0.156 e. The molecule has 146 valence electrons. The van der Waals surface area contributed by atoms with Crippen molar-refractivity contribution in [2.75, 3.05) is 11.9 Å². The number of halogens is 2. The van der Waals surface area contributed by atoms with Gasteiger partial charge in [-0.3, -0.25) is 0 Å². The number of anilines is 1. The van der Waals surface area contributed by atoms with Gasteiger partial charge in [-0.25, -0.2) is 0 Å². The van der Waals surface area contributed by atoms with E-state index in [2.05, 4.69) is 30.3 Å². The molecule has 0 amide bonds. The number of rotatable bonds is 6. The number of fused-ring (bicyclic) bond motifs is 1. The molecule has 8 heteroatoms. The van der Waals surface area contributed by atoms with Crippen LogP contribution >= 0.6 is 23.2 Å². The molecule has 0 atom stereocenters. The Morgan fingerprint density at radius 2 is 1.79 bits per heavy atom. The average Bonchev–Trinajstić information content (AvgIpc) is 3.48. The van der Waals surface area contributed by atoms with E-state index in [0.717, 1.165) is 40.2 Å². The van der Waals surface area contributed by atoms with Gasteiger partial charge < -0.3 is 9.88 Å². The molecule has 2 heterocycles. The molecule has 1 N–H and O–H groups in total. The average molecular weight is 425 g/mol. The topological polar surface area (TPSA) is 68.5 Å². The lowest BCUT2D eigenvalue weighted by Gasteiger charge is -2.12. The third-order valence-corrected chi connectivity index (χ3v) is 5.85. The highest BCUT2D eigenvalue weighted by Gasteiger charge is 2.28. The van der Waals surface area contributed by atoms with Crippen molar-refractivity contribution in [3.05, 3.63) is 64.7 Å². The zero-order valence-electron chi connectivity index (χ0n) is 15.5. The smallest absolute Gasteiger partial charge is 0.156 e. The molecule has 1 aliphatic carbocycles. The van der Waals surface area contributed by atoms with E-state index in [1.807, 2.05) is 36.4 Å². The molecule has 5 rings (SSSR count). The van der Waals surface area contributed by atoms with Crippen LogP contribution < -0.4 is 5.32 Å². The van der Waals surface area contributed by atoms with Gasteiger partial charge in [-0.05, 0) is 25.0 Å². The molecule has 0 unspecified atom stereocenters. The highest BCUT2D eigenvalue weighted by molar-refractivity contribution is 6.42. The first-order valence-corrected chi connectivity index (χ1v) is 10.3. The molecule has 0 radical (unpaired) electrons. The molecule has 2 aromatic carbocycles. The maximum atomic E-state index is 6.20. The van der Waals surface area contributed by atoms with Crippen molar-refractivity contribution in [3.8, 4) is 11.3 Å². The number of aromatic nitrogens is 5. The fourth-order valence-corrected chi connectivity index (χ4v) is 3.78. The lowest BCUT2D eigenvalue weighted by molar-refractivity contribution is 0.675. The molecule has 4 aromatic rings. The summed E-state index contributed by atoms with van der Waals surface area (Å²) in [4.78, 5) is 0. The Hall–Kier alpha value is -2.70. The number of nitrogens with one attached hydrogen (secondary N) is 1. The summed E-state index contributed by atoms with van der Waals surface area (Å²) in [6, 6.07) is 13.6. The van der Waals surface area contributed by atoms with Crippen molar-refractivity contribution < 1.29 is 0 Å². The van der Waals surface area contributed by atoms with Crippen LogP contribution in [0.5, 0.6) is 0 Å². The Morgan fingerprint density at radius 3 is 2.59 bits per heavy atom. The van der Waals surface area contributed by atoms with E-state index in [1.54, 1.807) is 12.4 Å². The van der Waals surface area contributed by atoms with Crippen LogP contribution in [0.3, 0.4) is 0 Å². The maximum absolute atomic E-state index is 6.20. The summed E-state index contributed by atoms with van der Waals surface area (Å²) < 4.78 is 2.12. The molecule has 0 spiro atoms. The van der Waals surface area contributed by atoms with Crippen molar-refractivity contribution in [2.24, 2.45) is 0 Å². The van der Waals surface area contributed by atoms with Gasteiger partial charge in [0, 0.05) is 35.3 Å². The van der Waals surface area contributed by atoms with Crippen molar-refractivity contribution >= 4 is 39.8 Å². The Bertz CT molecular complexity index is 1180. The third-order valence-electron chi connectivity index (χ3n) is 5.11. The highest BCUT2D eigenvalue weighted by atomic mass is 35.5. The fourth-order valence-electron chi connectivity index (χ4n) is 3.48. The predicted molar refractivity (Wildman–Crippen MR) is 115 cm³/mol. The van der Waals surface area contributed by atoms with Crippen LogP contribution in [0.1, 0.15) is 24.6 Å². The standard InChI is InChI=1S/C21H18Cl2N6/c22-17-8-7-14(11-18(17)23)19-15-3-1-2-4-16(15)20(27-26-19)24-9-10-29-12-25-28-21(29)13-5-6-13/h1-4,7-8,11-13H,5-6,9-10H2,(H,24,27). The Morgan fingerprint density at radius 1 is 0.966 bits per heavy atom. The summed E-state index contributed by atoms with van der Waals surface area (Å²) in [6.07, 6.45) is 4.21. The Kier molecular flexibility index (Phi) is 4.81. The number of benzene rings is 2. The lowest BCUT2D eigenvalue weighted by Crippen LogP contribution is -2.13. The molecule has 2 aromatic heterocycles. The molecule has 0 saturated heterocycles. The first-order chi connectivity index (χ1) is 14.2. The van der Waals surface area contributed by atoms with Gasteiger partial charge in [0.05, 0.1) is 10.0 Å². The molecule has 0 aliphatic heterocycles. The fraction of sp³-hybridized carbons (Fsp3) is 0.238. The van der Waals surface area contributed by atoms with Crippen molar-refractivity contribution in [2.45, 2.75) is 25.3 Å². The van der Waals surface area contributed by atoms with E-state index in [1.165, 1.54) is 12.8 Å².